The van der Waals surface area contributed by atoms with Crippen LogP contribution in [0, 0.1) is 0 Å². The van der Waals surface area contributed by atoms with E-state index in [1.807, 2.05) is 60.7 Å². The molecule has 3 aromatic carbocycles. The molecule has 0 radical (unpaired) electrons. The van der Waals surface area contributed by atoms with Gasteiger partial charge >= 0.3 is 0 Å². The molecule has 1 N–H and O–H groups in total. The number of sulfonamides is 1. The van der Waals surface area contributed by atoms with Crippen LogP contribution in [0.15, 0.2) is 89.8 Å². The average molecular weight is 534 g/mol. The highest BCUT2D eigenvalue weighted by molar-refractivity contribution is 7.89. The van der Waals surface area contributed by atoms with E-state index in [4.69, 9.17) is 0 Å². The molecular weight excluding hydrogens is 498 g/mol. The second-order valence-corrected chi connectivity index (χ2v) is 11.6. The monoisotopic (exact) mass is 533 g/mol. The molecule has 0 spiro atoms. The summed E-state index contributed by atoms with van der Waals surface area (Å²) in [6, 6.07) is 25.4. The minimum Gasteiger partial charge on any atom is -0.350 e. The van der Waals surface area contributed by atoms with Crippen LogP contribution in [0.3, 0.4) is 0 Å². The quantitative estimate of drug-likeness (QED) is 0.401. The zero-order chi connectivity index (χ0) is 27.0. The van der Waals surface area contributed by atoms with Crippen molar-refractivity contribution in [2.75, 3.05) is 13.1 Å². The van der Waals surface area contributed by atoms with Gasteiger partial charge in [-0.3, -0.25) is 9.59 Å². The molecule has 0 saturated carbocycles. The van der Waals surface area contributed by atoms with Gasteiger partial charge in [0.2, 0.25) is 21.8 Å². The minimum absolute atomic E-state index is 0.134. The van der Waals surface area contributed by atoms with Crippen LogP contribution < -0.4 is 5.32 Å². The van der Waals surface area contributed by atoms with Crippen LogP contribution in [0.2, 0.25) is 0 Å². The lowest BCUT2D eigenvalue weighted by molar-refractivity contribution is -0.140. The van der Waals surface area contributed by atoms with Gasteiger partial charge in [-0.15, -0.1) is 0 Å². The first kappa shape index (κ1) is 27.5. The first-order valence-electron chi connectivity index (χ1n) is 13.1. The van der Waals surface area contributed by atoms with E-state index in [2.05, 4.69) is 5.32 Å². The molecule has 3 aromatic rings. The second kappa shape index (κ2) is 12.8. The SMILES string of the molecule is C[C@H](C(=O)NCc1ccccc1)N(Cc1ccccc1)C(=O)CCc1ccc(S(=O)(=O)N2CCCC2)cc1. The lowest BCUT2D eigenvalue weighted by Gasteiger charge is -2.29. The van der Waals surface area contributed by atoms with E-state index in [0.717, 1.165) is 29.5 Å². The fraction of sp³-hybridized carbons (Fsp3) is 0.333. The summed E-state index contributed by atoms with van der Waals surface area (Å²) in [6.45, 7) is 3.59. The van der Waals surface area contributed by atoms with Gasteiger partial charge in [-0.1, -0.05) is 72.8 Å². The Balaban J connectivity index is 1.40. The molecule has 0 bridgehead atoms. The minimum atomic E-state index is -3.47. The summed E-state index contributed by atoms with van der Waals surface area (Å²) in [5.74, 6) is -0.348. The maximum atomic E-state index is 13.4. The lowest BCUT2D eigenvalue weighted by atomic mass is 10.1. The van der Waals surface area contributed by atoms with Gasteiger partial charge in [0.15, 0.2) is 0 Å². The fourth-order valence-electron chi connectivity index (χ4n) is 4.60. The molecule has 1 heterocycles. The largest absolute Gasteiger partial charge is 0.350 e. The van der Waals surface area contributed by atoms with Gasteiger partial charge in [0.25, 0.3) is 0 Å². The van der Waals surface area contributed by atoms with Crippen molar-refractivity contribution in [3.8, 4) is 0 Å². The number of aryl methyl sites for hydroxylation is 1. The van der Waals surface area contributed by atoms with Crippen LogP contribution in [-0.2, 0) is 39.1 Å². The molecule has 1 atom stereocenters. The molecule has 7 nitrogen and oxygen atoms in total. The van der Waals surface area contributed by atoms with E-state index in [1.165, 1.54) is 4.31 Å². The van der Waals surface area contributed by atoms with E-state index < -0.39 is 16.1 Å². The topological polar surface area (TPSA) is 86.8 Å². The van der Waals surface area contributed by atoms with Crippen molar-refractivity contribution < 1.29 is 18.0 Å². The highest BCUT2D eigenvalue weighted by Crippen LogP contribution is 2.22. The summed E-state index contributed by atoms with van der Waals surface area (Å²) in [5, 5.41) is 2.94. The molecule has 8 heteroatoms. The number of hydrogen-bond donors (Lipinski definition) is 1. The molecule has 0 aliphatic carbocycles. The highest BCUT2D eigenvalue weighted by Gasteiger charge is 2.28. The predicted octanol–water partition coefficient (Wildman–Crippen LogP) is 4.14. The number of rotatable bonds is 11. The average Bonchev–Trinajstić information content (AvgIpc) is 3.51. The van der Waals surface area contributed by atoms with E-state index in [9.17, 15) is 18.0 Å². The van der Waals surface area contributed by atoms with Gasteiger partial charge in [0, 0.05) is 32.6 Å². The van der Waals surface area contributed by atoms with E-state index >= 15 is 0 Å². The molecule has 38 heavy (non-hydrogen) atoms. The van der Waals surface area contributed by atoms with E-state index in [-0.39, 0.29) is 23.1 Å². The van der Waals surface area contributed by atoms with Gasteiger partial charge in [0.05, 0.1) is 4.90 Å². The predicted molar refractivity (Wildman–Crippen MR) is 147 cm³/mol. The first-order chi connectivity index (χ1) is 18.3. The lowest BCUT2D eigenvalue weighted by Crippen LogP contribution is -2.47. The van der Waals surface area contributed by atoms with Crippen LogP contribution in [-0.4, -0.2) is 48.6 Å². The molecule has 1 saturated heterocycles. The van der Waals surface area contributed by atoms with Gasteiger partial charge < -0.3 is 10.2 Å². The Labute approximate surface area is 225 Å². The first-order valence-corrected chi connectivity index (χ1v) is 14.5. The van der Waals surface area contributed by atoms with Crippen LogP contribution in [0.4, 0.5) is 0 Å². The molecule has 0 aromatic heterocycles. The smallest absolute Gasteiger partial charge is 0.243 e. The van der Waals surface area contributed by atoms with Gasteiger partial charge in [-0.25, -0.2) is 8.42 Å². The fourth-order valence-corrected chi connectivity index (χ4v) is 6.11. The number of nitrogens with one attached hydrogen (secondary N) is 1. The van der Waals surface area contributed by atoms with Crippen LogP contribution >= 0.6 is 0 Å². The zero-order valence-electron chi connectivity index (χ0n) is 21.8. The second-order valence-electron chi connectivity index (χ2n) is 9.64. The van der Waals surface area contributed by atoms with Crippen LogP contribution in [0.25, 0.3) is 0 Å². The Morgan fingerprint density at radius 1 is 0.842 bits per heavy atom. The molecule has 200 valence electrons. The Bertz CT molecular complexity index is 1310. The molecular formula is C30H35N3O4S. The number of hydrogen-bond acceptors (Lipinski definition) is 4. The number of nitrogens with zero attached hydrogens (tertiary/aromatic N) is 2. The van der Waals surface area contributed by atoms with Crippen LogP contribution in [0.1, 0.15) is 42.9 Å². The summed E-state index contributed by atoms with van der Waals surface area (Å²) >= 11 is 0. The zero-order valence-corrected chi connectivity index (χ0v) is 22.6. The Morgan fingerprint density at radius 2 is 1.42 bits per heavy atom. The number of carbonyl (C=O) groups excluding carboxylic acids is 2. The third-order valence-electron chi connectivity index (χ3n) is 6.93. The Hall–Kier alpha value is -3.49. The van der Waals surface area contributed by atoms with E-state index in [0.29, 0.717) is 32.6 Å². The highest BCUT2D eigenvalue weighted by atomic mass is 32.2. The Morgan fingerprint density at radius 3 is 2.03 bits per heavy atom. The van der Waals surface area contributed by atoms with Crippen molar-refractivity contribution in [2.45, 2.75) is 56.6 Å². The summed E-state index contributed by atoms with van der Waals surface area (Å²) in [7, 11) is -3.47. The van der Waals surface area contributed by atoms with Crippen molar-refractivity contribution in [1.82, 2.24) is 14.5 Å². The number of carbonyl (C=O) groups is 2. The molecule has 0 unspecified atom stereocenters. The summed E-state index contributed by atoms with van der Waals surface area (Å²) in [5.41, 5.74) is 2.81. The van der Waals surface area contributed by atoms with Crippen molar-refractivity contribution in [1.29, 1.82) is 0 Å². The number of amides is 2. The van der Waals surface area contributed by atoms with Crippen molar-refractivity contribution in [3.05, 3.63) is 102 Å². The maximum Gasteiger partial charge on any atom is 0.243 e. The third kappa shape index (κ3) is 7.08. The summed E-state index contributed by atoms with van der Waals surface area (Å²) < 4.78 is 27.1. The molecule has 2 amide bonds. The maximum absolute atomic E-state index is 13.4. The van der Waals surface area contributed by atoms with Gasteiger partial charge in [0.1, 0.15) is 6.04 Å². The van der Waals surface area contributed by atoms with E-state index in [1.54, 1.807) is 36.1 Å². The van der Waals surface area contributed by atoms with Crippen molar-refractivity contribution in [2.24, 2.45) is 0 Å². The number of benzene rings is 3. The molecule has 1 aliphatic rings. The normalized spacial score (nSPS) is 14.7. The van der Waals surface area contributed by atoms with Crippen LogP contribution in [0.5, 0.6) is 0 Å². The molecule has 1 aliphatic heterocycles. The molecule has 4 rings (SSSR count). The molecule has 1 fully saturated rings. The van der Waals surface area contributed by atoms with Crippen molar-refractivity contribution in [3.63, 3.8) is 0 Å². The standard InChI is InChI=1S/C30H35N3O4S/c1-24(30(35)31-22-26-10-4-2-5-11-26)33(23-27-12-6-3-7-13-27)29(34)19-16-25-14-17-28(18-15-25)38(36,37)32-20-8-9-21-32/h2-7,10-15,17-18,24H,8-9,16,19-23H2,1H3,(H,31,35)/t24-/m1/s1. The summed E-state index contributed by atoms with van der Waals surface area (Å²) in [6.07, 6.45) is 2.44. The van der Waals surface area contributed by atoms with Crippen molar-refractivity contribution >= 4 is 21.8 Å². The summed E-state index contributed by atoms with van der Waals surface area (Å²) in [4.78, 5) is 28.3. The van der Waals surface area contributed by atoms with Gasteiger partial charge in [-0.2, -0.15) is 4.31 Å². The third-order valence-corrected chi connectivity index (χ3v) is 8.84. The van der Waals surface area contributed by atoms with Gasteiger partial charge in [-0.05, 0) is 55.0 Å². The Kier molecular flexibility index (Phi) is 9.31.